The number of rotatable bonds is 6. The number of amides is 5. The van der Waals surface area contributed by atoms with E-state index in [1.807, 2.05) is 58.9 Å². The van der Waals surface area contributed by atoms with E-state index >= 15 is 0 Å². The molecular weight excluding hydrogens is 552 g/mol. The summed E-state index contributed by atoms with van der Waals surface area (Å²) < 4.78 is 0. The second-order valence-electron chi connectivity index (χ2n) is 11.8. The number of aromatic nitrogens is 1. The molecule has 0 spiro atoms. The molecule has 5 amide bonds. The van der Waals surface area contributed by atoms with Gasteiger partial charge in [0, 0.05) is 42.0 Å². The molecule has 1 saturated heterocycles. The van der Waals surface area contributed by atoms with Gasteiger partial charge in [0.1, 0.15) is 16.2 Å². The fourth-order valence-corrected chi connectivity index (χ4v) is 5.73. The van der Waals surface area contributed by atoms with Crippen LogP contribution in [0.4, 0.5) is 15.5 Å². The Morgan fingerprint density at radius 1 is 1.10 bits per heavy atom. The summed E-state index contributed by atoms with van der Waals surface area (Å²) in [5, 5.41) is 11.7. The minimum Gasteiger partial charge on any atom is -0.352 e. The van der Waals surface area contributed by atoms with Crippen molar-refractivity contribution in [1.29, 1.82) is 0 Å². The summed E-state index contributed by atoms with van der Waals surface area (Å²) in [6.07, 6.45) is 1.64. The van der Waals surface area contributed by atoms with Gasteiger partial charge in [-0.25, -0.2) is 4.79 Å². The number of anilines is 2. The summed E-state index contributed by atoms with van der Waals surface area (Å²) in [6.45, 7) is 14.6. The van der Waals surface area contributed by atoms with Gasteiger partial charge in [0.15, 0.2) is 0 Å². The summed E-state index contributed by atoms with van der Waals surface area (Å²) in [7, 11) is 0. The highest BCUT2D eigenvalue weighted by Gasteiger charge is 2.42. The highest BCUT2D eigenvalue weighted by atomic mass is 32.1. The van der Waals surface area contributed by atoms with Gasteiger partial charge >= 0.3 is 6.03 Å². The topological polar surface area (TPSA) is 133 Å². The number of carbonyl (C=O) groups excluding carboxylic acids is 4. The van der Waals surface area contributed by atoms with E-state index in [0.29, 0.717) is 41.6 Å². The molecule has 3 heterocycles. The lowest BCUT2D eigenvalue weighted by atomic mass is 9.93. The van der Waals surface area contributed by atoms with Crippen LogP contribution in [0.25, 0.3) is 11.1 Å². The van der Waals surface area contributed by atoms with Crippen molar-refractivity contribution in [3.05, 3.63) is 64.3 Å². The molecule has 10 nitrogen and oxygen atoms in total. The van der Waals surface area contributed by atoms with E-state index in [1.54, 1.807) is 37.1 Å². The van der Waals surface area contributed by atoms with Crippen molar-refractivity contribution in [3.63, 3.8) is 0 Å². The van der Waals surface area contributed by atoms with Crippen LogP contribution >= 0.6 is 11.3 Å². The van der Waals surface area contributed by atoms with Crippen molar-refractivity contribution in [1.82, 2.24) is 20.5 Å². The number of nitrogens with one attached hydrogen (secondary N) is 4. The molecule has 0 bridgehead atoms. The summed E-state index contributed by atoms with van der Waals surface area (Å²) in [4.78, 5) is 58.3. The number of pyridine rings is 1. The lowest BCUT2D eigenvalue weighted by Gasteiger charge is -2.41. The average molecular weight is 591 g/mol. The molecule has 1 aliphatic heterocycles. The zero-order chi connectivity index (χ0) is 30.8. The lowest BCUT2D eigenvalue weighted by Crippen LogP contribution is -2.63. The summed E-state index contributed by atoms with van der Waals surface area (Å²) in [5.74, 6) is -0.760. The van der Waals surface area contributed by atoms with Crippen molar-refractivity contribution in [3.8, 4) is 11.1 Å². The zero-order valence-electron chi connectivity index (χ0n) is 25.1. The van der Waals surface area contributed by atoms with E-state index in [0.717, 1.165) is 21.6 Å². The number of nitrogens with zero attached hydrogens (tertiary/aromatic N) is 2. The van der Waals surface area contributed by atoms with Gasteiger partial charge in [-0.05, 0) is 68.5 Å². The van der Waals surface area contributed by atoms with Crippen LogP contribution < -0.4 is 21.3 Å². The SMILES string of the molecule is CCNC(=O)c1ccc(-c2cc(NC(=O)Nc3sc(C(C)(C)C)cc3C(=O)N3CCNC(=O)C3(C)C)ccc2C)cn1. The van der Waals surface area contributed by atoms with E-state index in [2.05, 4.69) is 26.3 Å². The highest BCUT2D eigenvalue weighted by Crippen LogP contribution is 2.38. The molecule has 222 valence electrons. The first kappa shape index (κ1) is 30.7. The van der Waals surface area contributed by atoms with Gasteiger partial charge in [-0.1, -0.05) is 32.9 Å². The average Bonchev–Trinajstić information content (AvgIpc) is 3.35. The summed E-state index contributed by atoms with van der Waals surface area (Å²) in [6, 6.07) is 10.3. The Morgan fingerprint density at radius 2 is 1.83 bits per heavy atom. The standard InChI is InChI=1S/C31H38N6O4S/c1-8-32-25(38)23-12-10-19(17-34-23)21-15-20(11-9-18(21)2)35-29(41)36-26-22(16-24(42-26)30(3,4)5)27(39)37-14-13-33-28(40)31(37,6)7/h9-12,15-17H,8,13-14H2,1-7H3,(H,32,38)(H,33,40)(H2,35,36,41). The van der Waals surface area contributed by atoms with Gasteiger partial charge in [-0.3, -0.25) is 24.7 Å². The van der Waals surface area contributed by atoms with E-state index < -0.39 is 11.6 Å². The van der Waals surface area contributed by atoms with Crippen molar-refractivity contribution < 1.29 is 19.2 Å². The molecule has 1 fully saturated rings. The van der Waals surface area contributed by atoms with Gasteiger partial charge in [-0.15, -0.1) is 11.3 Å². The first-order chi connectivity index (χ1) is 19.7. The molecule has 11 heteroatoms. The predicted molar refractivity (Wildman–Crippen MR) is 166 cm³/mol. The minimum absolute atomic E-state index is 0.218. The van der Waals surface area contributed by atoms with Crippen LogP contribution in [0.5, 0.6) is 0 Å². The van der Waals surface area contributed by atoms with Gasteiger partial charge in [0.25, 0.3) is 11.8 Å². The molecule has 0 saturated carbocycles. The first-order valence-corrected chi connectivity index (χ1v) is 14.7. The predicted octanol–water partition coefficient (Wildman–Crippen LogP) is 5.16. The van der Waals surface area contributed by atoms with Crippen molar-refractivity contribution >= 4 is 45.8 Å². The number of piperazine rings is 1. The molecule has 2 aromatic heterocycles. The normalized spacial score (nSPS) is 14.6. The second kappa shape index (κ2) is 11.9. The Bertz CT molecular complexity index is 1520. The molecule has 1 aliphatic rings. The number of carbonyl (C=O) groups is 4. The molecule has 0 aliphatic carbocycles. The summed E-state index contributed by atoms with van der Waals surface area (Å²) >= 11 is 1.35. The molecule has 4 N–H and O–H groups in total. The van der Waals surface area contributed by atoms with Crippen molar-refractivity contribution in [2.45, 2.75) is 59.4 Å². The Kier molecular flexibility index (Phi) is 8.72. The fourth-order valence-electron chi connectivity index (χ4n) is 4.63. The van der Waals surface area contributed by atoms with Crippen LogP contribution in [0.2, 0.25) is 0 Å². The number of urea groups is 1. The molecule has 4 rings (SSSR count). The van der Waals surface area contributed by atoms with Gasteiger partial charge in [0.05, 0.1) is 5.56 Å². The molecule has 3 aromatic rings. The molecule has 42 heavy (non-hydrogen) atoms. The van der Waals surface area contributed by atoms with Crippen LogP contribution in [0.15, 0.2) is 42.6 Å². The van der Waals surface area contributed by atoms with Gasteiger partial charge < -0.3 is 20.9 Å². The van der Waals surface area contributed by atoms with Gasteiger partial charge in [-0.2, -0.15) is 0 Å². The maximum atomic E-state index is 13.8. The molecular formula is C31H38N6O4S. The number of aryl methyl sites for hydroxylation is 1. The number of benzene rings is 1. The largest absolute Gasteiger partial charge is 0.352 e. The Balaban J connectivity index is 1.57. The zero-order valence-corrected chi connectivity index (χ0v) is 25.9. The van der Waals surface area contributed by atoms with Crippen molar-refractivity contribution in [2.24, 2.45) is 0 Å². The Morgan fingerprint density at radius 3 is 2.48 bits per heavy atom. The molecule has 0 radical (unpaired) electrons. The van der Waals surface area contributed by atoms with E-state index in [4.69, 9.17) is 0 Å². The van der Waals surface area contributed by atoms with Gasteiger partial charge in [0.2, 0.25) is 5.91 Å². The van der Waals surface area contributed by atoms with Crippen molar-refractivity contribution in [2.75, 3.05) is 30.3 Å². The van der Waals surface area contributed by atoms with E-state index in [9.17, 15) is 19.2 Å². The van der Waals surface area contributed by atoms with Crippen LogP contribution in [0, 0.1) is 6.92 Å². The Labute approximate surface area is 250 Å². The van der Waals surface area contributed by atoms with Crippen LogP contribution in [0.3, 0.4) is 0 Å². The highest BCUT2D eigenvalue weighted by molar-refractivity contribution is 7.16. The third-order valence-corrected chi connectivity index (χ3v) is 8.64. The number of thiophene rings is 1. The third kappa shape index (κ3) is 6.46. The lowest BCUT2D eigenvalue weighted by molar-refractivity contribution is -0.133. The smallest absolute Gasteiger partial charge is 0.324 e. The summed E-state index contributed by atoms with van der Waals surface area (Å²) in [5.41, 5.74) is 2.59. The second-order valence-corrected chi connectivity index (χ2v) is 12.8. The van der Waals surface area contributed by atoms with Crippen LogP contribution in [-0.4, -0.2) is 58.8 Å². The molecule has 1 aromatic carbocycles. The minimum atomic E-state index is -1.02. The van der Waals surface area contributed by atoms with E-state index in [-0.39, 0.29) is 23.1 Å². The number of hydrogen-bond acceptors (Lipinski definition) is 6. The maximum Gasteiger partial charge on any atom is 0.324 e. The molecule has 0 unspecified atom stereocenters. The van der Waals surface area contributed by atoms with Crippen LogP contribution in [0.1, 0.15) is 72.8 Å². The number of hydrogen-bond donors (Lipinski definition) is 4. The third-order valence-electron chi connectivity index (χ3n) is 7.17. The fraction of sp³-hybridized carbons (Fsp3) is 0.387. The maximum absolute atomic E-state index is 13.8. The monoisotopic (exact) mass is 590 g/mol. The Hall–Kier alpha value is -4.25. The first-order valence-electron chi connectivity index (χ1n) is 13.9. The van der Waals surface area contributed by atoms with Crippen LogP contribution in [-0.2, 0) is 10.2 Å². The quantitative estimate of drug-likeness (QED) is 0.315. The molecule has 0 atom stereocenters. The van der Waals surface area contributed by atoms with E-state index in [1.165, 1.54) is 11.3 Å².